The fourth-order valence-electron chi connectivity index (χ4n) is 1.77. The third kappa shape index (κ3) is 3.51. The van der Waals surface area contributed by atoms with Gasteiger partial charge in [-0.1, -0.05) is 13.8 Å². The molecule has 0 atom stereocenters. The zero-order chi connectivity index (χ0) is 14.7. The van der Waals surface area contributed by atoms with E-state index in [4.69, 9.17) is 9.97 Å². The van der Waals surface area contributed by atoms with Crippen LogP contribution in [0.25, 0.3) is 10.7 Å². The Morgan fingerprint density at radius 2 is 2.10 bits per heavy atom. The third-order valence-electron chi connectivity index (χ3n) is 2.87. The average Bonchev–Trinajstić information content (AvgIpc) is 2.77. The topological polar surface area (TPSA) is 37.8 Å². The molecule has 0 aliphatic rings. The molecule has 0 aliphatic heterocycles. The number of nitrogens with zero attached hydrogens (tertiary/aromatic N) is 2. The number of nitrogens with one attached hydrogen (secondary N) is 1. The monoisotopic (exact) mass is 465 g/mol. The van der Waals surface area contributed by atoms with Gasteiger partial charge >= 0.3 is 0 Å². The van der Waals surface area contributed by atoms with Gasteiger partial charge in [-0.2, -0.15) is 0 Å². The van der Waals surface area contributed by atoms with Crippen molar-refractivity contribution in [3.8, 4) is 10.7 Å². The van der Waals surface area contributed by atoms with Crippen molar-refractivity contribution in [2.24, 2.45) is 0 Å². The summed E-state index contributed by atoms with van der Waals surface area (Å²) in [7, 11) is 0. The van der Waals surface area contributed by atoms with Crippen LogP contribution >= 0.6 is 49.9 Å². The first kappa shape index (κ1) is 16.2. The second-order valence-electron chi connectivity index (χ2n) is 4.45. The molecule has 0 unspecified atom stereocenters. The van der Waals surface area contributed by atoms with E-state index in [0.717, 1.165) is 49.6 Å². The zero-order valence-corrected chi connectivity index (χ0v) is 16.3. The molecule has 0 amide bonds. The summed E-state index contributed by atoms with van der Waals surface area (Å²) in [6.45, 7) is 7.32. The van der Waals surface area contributed by atoms with Crippen LogP contribution in [-0.2, 0) is 6.42 Å². The highest BCUT2D eigenvalue weighted by Crippen LogP contribution is 2.34. The van der Waals surface area contributed by atoms with E-state index in [0.29, 0.717) is 0 Å². The normalized spacial score (nSPS) is 10.8. The van der Waals surface area contributed by atoms with E-state index in [1.54, 1.807) is 11.3 Å². The van der Waals surface area contributed by atoms with Gasteiger partial charge in [-0.15, -0.1) is 11.3 Å². The Kier molecular flexibility index (Phi) is 5.80. The molecule has 2 heterocycles. The number of hydrogen-bond donors (Lipinski definition) is 1. The Labute approximate surface area is 145 Å². The molecule has 2 aromatic heterocycles. The molecule has 0 bridgehead atoms. The van der Waals surface area contributed by atoms with Gasteiger partial charge in [0.1, 0.15) is 5.82 Å². The van der Waals surface area contributed by atoms with Gasteiger partial charge in [0, 0.05) is 15.9 Å². The van der Waals surface area contributed by atoms with Crippen LogP contribution in [0.1, 0.15) is 30.8 Å². The van der Waals surface area contributed by atoms with Crippen molar-refractivity contribution in [3.05, 3.63) is 24.7 Å². The van der Waals surface area contributed by atoms with Crippen LogP contribution in [0.3, 0.4) is 0 Å². The largest absolute Gasteiger partial charge is 0.369 e. The number of aryl methyl sites for hydroxylation is 2. The molecule has 0 spiro atoms. The number of rotatable bonds is 5. The summed E-state index contributed by atoms with van der Waals surface area (Å²) in [6.07, 6.45) is 2.00. The quantitative estimate of drug-likeness (QED) is 0.611. The molecule has 2 rings (SSSR count). The van der Waals surface area contributed by atoms with Crippen LogP contribution in [-0.4, -0.2) is 16.5 Å². The summed E-state index contributed by atoms with van der Waals surface area (Å²) >= 11 is 7.62. The predicted octanol–water partition coefficient (Wildman–Crippen LogP) is 5.26. The maximum atomic E-state index is 4.72. The van der Waals surface area contributed by atoms with Gasteiger partial charge in [-0.3, -0.25) is 0 Å². The lowest BCUT2D eigenvalue weighted by atomic mass is 10.3. The number of thiophene rings is 1. The summed E-state index contributed by atoms with van der Waals surface area (Å²) in [5.74, 6) is 1.77. The molecule has 3 nitrogen and oxygen atoms in total. The Hall–Kier alpha value is -0.210. The van der Waals surface area contributed by atoms with Crippen molar-refractivity contribution in [1.29, 1.82) is 0 Å². The molecule has 20 heavy (non-hydrogen) atoms. The molecular formula is C14H17BrIN3S. The van der Waals surface area contributed by atoms with Crippen molar-refractivity contribution < 1.29 is 0 Å². The van der Waals surface area contributed by atoms with Gasteiger partial charge in [0.15, 0.2) is 5.82 Å². The van der Waals surface area contributed by atoms with Gasteiger partial charge in [-0.05, 0) is 64.4 Å². The molecule has 0 saturated heterocycles. The van der Waals surface area contributed by atoms with Crippen LogP contribution in [0.15, 0.2) is 10.5 Å². The molecule has 0 fully saturated rings. The number of aromatic nitrogens is 2. The molecule has 2 aromatic rings. The molecule has 6 heteroatoms. The fraction of sp³-hybridized carbons (Fsp3) is 0.429. The standard InChI is InChI=1S/C14H17BrIN3S/c1-4-6-17-14-12(16)10(5-2)18-13(19-14)11-7-9(15)8(3)20-11/h7H,4-6H2,1-3H3,(H,17,18,19). The van der Waals surface area contributed by atoms with E-state index in [1.165, 1.54) is 4.88 Å². The number of anilines is 1. The van der Waals surface area contributed by atoms with E-state index in [2.05, 4.69) is 70.7 Å². The predicted molar refractivity (Wildman–Crippen MR) is 98.7 cm³/mol. The highest BCUT2D eigenvalue weighted by molar-refractivity contribution is 14.1. The van der Waals surface area contributed by atoms with Crippen LogP contribution < -0.4 is 5.32 Å². The minimum Gasteiger partial charge on any atom is -0.369 e. The number of halogens is 2. The summed E-state index contributed by atoms with van der Waals surface area (Å²) < 4.78 is 2.26. The van der Waals surface area contributed by atoms with Crippen LogP contribution in [0, 0.1) is 10.5 Å². The maximum absolute atomic E-state index is 4.72. The first-order valence-electron chi connectivity index (χ1n) is 6.63. The first-order valence-corrected chi connectivity index (χ1v) is 9.32. The summed E-state index contributed by atoms with van der Waals surface area (Å²) in [5, 5.41) is 3.40. The van der Waals surface area contributed by atoms with Gasteiger partial charge in [0.2, 0.25) is 0 Å². The van der Waals surface area contributed by atoms with Crippen LogP contribution in [0.4, 0.5) is 5.82 Å². The van der Waals surface area contributed by atoms with E-state index < -0.39 is 0 Å². The van der Waals surface area contributed by atoms with Crippen molar-refractivity contribution in [3.63, 3.8) is 0 Å². The van der Waals surface area contributed by atoms with Crippen molar-refractivity contribution in [2.45, 2.75) is 33.6 Å². The molecule has 0 saturated carbocycles. The van der Waals surface area contributed by atoms with Gasteiger partial charge < -0.3 is 5.32 Å². The average molecular weight is 466 g/mol. The van der Waals surface area contributed by atoms with Crippen molar-refractivity contribution >= 4 is 55.7 Å². The van der Waals surface area contributed by atoms with E-state index in [9.17, 15) is 0 Å². The Balaban J connectivity index is 2.47. The lowest BCUT2D eigenvalue weighted by Gasteiger charge is -2.11. The molecule has 0 aromatic carbocycles. The molecule has 0 radical (unpaired) electrons. The minimum atomic E-state index is 0.819. The Bertz CT molecular complexity index is 593. The van der Waals surface area contributed by atoms with Crippen molar-refractivity contribution in [2.75, 3.05) is 11.9 Å². The third-order valence-corrected chi connectivity index (χ3v) is 6.14. The summed E-state index contributed by atoms with van der Waals surface area (Å²) in [6, 6.07) is 2.10. The number of hydrogen-bond acceptors (Lipinski definition) is 4. The smallest absolute Gasteiger partial charge is 0.171 e. The van der Waals surface area contributed by atoms with Crippen molar-refractivity contribution in [1.82, 2.24) is 9.97 Å². The maximum Gasteiger partial charge on any atom is 0.171 e. The van der Waals surface area contributed by atoms with Gasteiger partial charge in [0.25, 0.3) is 0 Å². The molecular weight excluding hydrogens is 449 g/mol. The Morgan fingerprint density at radius 3 is 2.65 bits per heavy atom. The van der Waals surface area contributed by atoms with E-state index in [1.807, 2.05) is 0 Å². The second kappa shape index (κ2) is 7.17. The van der Waals surface area contributed by atoms with Gasteiger partial charge in [0.05, 0.1) is 14.1 Å². The summed E-state index contributed by atoms with van der Waals surface area (Å²) in [4.78, 5) is 11.8. The van der Waals surface area contributed by atoms with Gasteiger partial charge in [-0.25, -0.2) is 9.97 Å². The lowest BCUT2D eigenvalue weighted by molar-refractivity contribution is 0.944. The van der Waals surface area contributed by atoms with Crippen LogP contribution in [0.5, 0.6) is 0 Å². The molecule has 108 valence electrons. The van der Waals surface area contributed by atoms with Crippen LogP contribution in [0.2, 0.25) is 0 Å². The molecule has 1 N–H and O–H groups in total. The minimum absolute atomic E-state index is 0.819. The lowest BCUT2D eigenvalue weighted by Crippen LogP contribution is -2.08. The SMILES string of the molecule is CCCNc1nc(-c2cc(Br)c(C)s2)nc(CC)c1I. The summed E-state index contributed by atoms with van der Waals surface area (Å²) in [5.41, 5.74) is 1.11. The highest BCUT2D eigenvalue weighted by atomic mass is 127. The zero-order valence-electron chi connectivity index (χ0n) is 11.8. The fourth-order valence-corrected chi connectivity index (χ4v) is 4.05. The first-order chi connectivity index (χ1) is 9.56. The second-order valence-corrected chi connectivity index (χ2v) is 7.64. The Morgan fingerprint density at radius 1 is 1.35 bits per heavy atom. The molecule has 0 aliphatic carbocycles. The van der Waals surface area contributed by atoms with E-state index >= 15 is 0 Å². The highest BCUT2D eigenvalue weighted by Gasteiger charge is 2.14. The van der Waals surface area contributed by atoms with E-state index in [-0.39, 0.29) is 0 Å².